The highest BCUT2D eigenvalue weighted by Gasteiger charge is 2.17. The Morgan fingerprint density at radius 3 is 2.86 bits per heavy atom. The van der Waals surface area contributed by atoms with Gasteiger partial charge in [-0.1, -0.05) is 6.07 Å². The molecule has 0 radical (unpaired) electrons. The van der Waals surface area contributed by atoms with Gasteiger partial charge in [-0.05, 0) is 18.2 Å². The quantitative estimate of drug-likeness (QED) is 0.678. The molecule has 1 fully saturated rings. The third-order valence-electron chi connectivity index (χ3n) is 3.99. The maximum Gasteiger partial charge on any atom is 0.225 e. The van der Waals surface area contributed by atoms with E-state index in [-0.39, 0.29) is 36.8 Å². The first-order valence-electron chi connectivity index (χ1n) is 8.55. The second kappa shape index (κ2) is 12.7. The van der Waals surface area contributed by atoms with Gasteiger partial charge in [0.05, 0.1) is 7.11 Å². The summed E-state index contributed by atoms with van der Waals surface area (Å²) in [6.45, 7) is 1.34. The number of carbonyl (C=O) groups excluding carboxylic acids is 1. The van der Waals surface area contributed by atoms with Gasteiger partial charge in [0.15, 0.2) is 11.5 Å². The number of anilines is 1. The van der Waals surface area contributed by atoms with Crippen LogP contribution >= 0.6 is 36.6 Å². The van der Waals surface area contributed by atoms with Gasteiger partial charge in [0.1, 0.15) is 6.61 Å². The van der Waals surface area contributed by atoms with E-state index in [1.54, 1.807) is 31.6 Å². The van der Waals surface area contributed by atoms with Gasteiger partial charge in [0.2, 0.25) is 5.91 Å². The number of hydrogen-bond donors (Lipinski definition) is 2. The van der Waals surface area contributed by atoms with Crippen LogP contribution in [0.5, 0.6) is 11.5 Å². The molecule has 1 amide bonds. The largest absolute Gasteiger partial charge is 0.493 e. The first kappa shape index (κ1) is 24.4. The van der Waals surface area contributed by atoms with Crippen LogP contribution in [0.25, 0.3) is 0 Å². The number of pyridine rings is 1. The fourth-order valence-corrected chi connectivity index (χ4v) is 3.65. The summed E-state index contributed by atoms with van der Waals surface area (Å²) in [5.74, 6) is 3.27. The van der Waals surface area contributed by atoms with Crippen LogP contribution in [0.3, 0.4) is 0 Å². The molecule has 1 aliphatic heterocycles. The lowest BCUT2D eigenvalue weighted by Gasteiger charge is -2.22. The molecule has 1 saturated heterocycles. The zero-order valence-electron chi connectivity index (χ0n) is 15.6. The third kappa shape index (κ3) is 7.39. The van der Waals surface area contributed by atoms with Crippen molar-refractivity contribution in [2.75, 3.05) is 30.5 Å². The Morgan fingerprint density at radius 2 is 2.18 bits per heavy atom. The molecule has 2 heterocycles. The summed E-state index contributed by atoms with van der Waals surface area (Å²) >= 11 is 1.88. The highest BCUT2D eigenvalue weighted by Crippen LogP contribution is 2.31. The zero-order valence-corrected chi connectivity index (χ0v) is 18.0. The highest BCUT2D eigenvalue weighted by molar-refractivity contribution is 7.99. The Bertz CT molecular complexity index is 732. The second-order valence-corrected chi connectivity index (χ2v) is 7.14. The molecule has 1 aromatic heterocycles. The van der Waals surface area contributed by atoms with Crippen LogP contribution in [0, 0.1) is 0 Å². The van der Waals surface area contributed by atoms with Gasteiger partial charge < -0.3 is 20.1 Å². The van der Waals surface area contributed by atoms with E-state index < -0.39 is 0 Å². The molecule has 2 aromatic rings. The maximum absolute atomic E-state index is 12.3. The number of nitrogens with zero attached hydrogens (tertiary/aromatic N) is 1. The van der Waals surface area contributed by atoms with Crippen LogP contribution in [0.15, 0.2) is 42.7 Å². The van der Waals surface area contributed by atoms with Gasteiger partial charge >= 0.3 is 0 Å². The molecule has 0 aliphatic carbocycles. The molecule has 0 bridgehead atoms. The lowest BCUT2D eigenvalue weighted by Crippen LogP contribution is -2.39. The van der Waals surface area contributed by atoms with Crippen LogP contribution in [-0.4, -0.2) is 42.1 Å². The fraction of sp³-hybridized carbons (Fsp3) is 0.368. The molecular weight excluding hydrogens is 421 g/mol. The van der Waals surface area contributed by atoms with Crippen molar-refractivity contribution >= 4 is 48.2 Å². The van der Waals surface area contributed by atoms with E-state index in [4.69, 9.17) is 9.47 Å². The minimum Gasteiger partial charge on any atom is -0.493 e. The minimum atomic E-state index is -0.00613. The summed E-state index contributed by atoms with van der Waals surface area (Å²) in [6, 6.07) is 9.44. The predicted octanol–water partition coefficient (Wildman–Crippen LogP) is 3.55. The van der Waals surface area contributed by atoms with Crippen LogP contribution in [0.1, 0.15) is 12.0 Å². The Morgan fingerprint density at radius 1 is 1.32 bits per heavy atom. The van der Waals surface area contributed by atoms with Crippen LogP contribution in [0.2, 0.25) is 0 Å². The Kier molecular flexibility index (Phi) is 11.1. The smallest absolute Gasteiger partial charge is 0.225 e. The van der Waals surface area contributed by atoms with E-state index in [0.29, 0.717) is 30.2 Å². The Hall–Kier alpha value is -1.67. The first-order chi connectivity index (χ1) is 12.7. The predicted molar refractivity (Wildman–Crippen MR) is 118 cm³/mol. The van der Waals surface area contributed by atoms with Crippen molar-refractivity contribution in [2.24, 2.45) is 0 Å². The van der Waals surface area contributed by atoms with Crippen molar-refractivity contribution in [2.45, 2.75) is 19.1 Å². The van der Waals surface area contributed by atoms with E-state index in [0.717, 1.165) is 23.6 Å². The first-order valence-corrected chi connectivity index (χ1v) is 9.71. The van der Waals surface area contributed by atoms with Crippen molar-refractivity contribution < 1.29 is 14.3 Å². The molecule has 0 saturated carbocycles. The molecule has 154 valence electrons. The van der Waals surface area contributed by atoms with Gasteiger partial charge in [-0.25, -0.2) is 0 Å². The van der Waals surface area contributed by atoms with Gasteiger partial charge in [-0.2, -0.15) is 11.8 Å². The summed E-state index contributed by atoms with van der Waals surface area (Å²) in [4.78, 5) is 16.4. The lowest BCUT2D eigenvalue weighted by molar-refractivity contribution is -0.116. The van der Waals surface area contributed by atoms with E-state index >= 15 is 0 Å². The number of nitrogens with one attached hydrogen (secondary N) is 2. The number of rotatable bonds is 7. The highest BCUT2D eigenvalue weighted by atomic mass is 35.5. The van der Waals surface area contributed by atoms with Crippen LogP contribution < -0.4 is 20.1 Å². The number of aromatic nitrogens is 1. The Labute approximate surface area is 182 Å². The summed E-state index contributed by atoms with van der Waals surface area (Å²) in [5.41, 5.74) is 1.66. The minimum absolute atomic E-state index is 0. The van der Waals surface area contributed by atoms with Gasteiger partial charge in [-0.3, -0.25) is 9.78 Å². The normalized spacial score (nSPS) is 15.5. The number of methoxy groups -OCH3 is 1. The average Bonchev–Trinajstić information content (AvgIpc) is 2.68. The molecule has 1 unspecified atom stereocenters. The molecule has 1 aromatic carbocycles. The standard InChI is InChI=1S/C19H23N3O3S.2ClH/c1-24-17-5-4-15(22-19(23)10-16-13-26-8-7-21-16)9-18(17)25-12-14-3-2-6-20-11-14;;/h2-6,9,11,16,21H,7-8,10,12-13H2,1H3,(H,22,23);2*1H. The third-order valence-corrected chi connectivity index (χ3v) is 5.13. The number of hydrogen-bond acceptors (Lipinski definition) is 6. The monoisotopic (exact) mass is 445 g/mol. The number of thioether (sulfide) groups is 1. The lowest BCUT2D eigenvalue weighted by atomic mass is 10.2. The number of benzene rings is 1. The van der Waals surface area contributed by atoms with E-state index in [9.17, 15) is 4.79 Å². The fourth-order valence-electron chi connectivity index (χ4n) is 2.70. The van der Waals surface area contributed by atoms with Crippen molar-refractivity contribution in [3.05, 3.63) is 48.3 Å². The van der Waals surface area contributed by atoms with E-state index in [1.165, 1.54) is 0 Å². The average molecular weight is 446 g/mol. The molecule has 2 N–H and O–H groups in total. The van der Waals surface area contributed by atoms with Gasteiger partial charge in [0, 0.05) is 60.2 Å². The second-order valence-electron chi connectivity index (χ2n) is 5.99. The molecular formula is C19H25Cl2N3O3S. The summed E-state index contributed by atoms with van der Waals surface area (Å²) in [7, 11) is 1.59. The van der Waals surface area contributed by atoms with Crippen molar-refractivity contribution in [1.82, 2.24) is 10.3 Å². The summed E-state index contributed by atoms with van der Waals surface area (Å²) < 4.78 is 11.2. The summed E-state index contributed by atoms with van der Waals surface area (Å²) in [6.07, 6.45) is 3.94. The zero-order chi connectivity index (χ0) is 18.2. The molecule has 1 aliphatic rings. The van der Waals surface area contributed by atoms with Crippen LogP contribution in [-0.2, 0) is 11.4 Å². The Balaban J connectivity index is 0.00000196. The number of ether oxygens (including phenoxy) is 2. The van der Waals surface area contributed by atoms with E-state index in [2.05, 4.69) is 15.6 Å². The topological polar surface area (TPSA) is 72.5 Å². The van der Waals surface area contributed by atoms with Gasteiger partial charge in [0.25, 0.3) is 0 Å². The number of halogens is 2. The SMILES string of the molecule is COc1ccc(NC(=O)CC2CSCCN2)cc1OCc1cccnc1.Cl.Cl. The van der Waals surface area contributed by atoms with Crippen molar-refractivity contribution in [3.8, 4) is 11.5 Å². The molecule has 6 nitrogen and oxygen atoms in total. The number of carbonyl (C=O) groups is 1. The number of amides is 1. The molecule has 1 atom stereocenters. The maximum atomic E-state index is 12.3. The molecule has 9 heteroatoms. The molecule has 28 heavy (non-hydrogen) atoms. The van der Waals surface area contributed by atoms with Gasteiger partial charge in [-0.15, -0.1) is 24.8 Å². The van der Waals surface area contributed by atoms with Crippen molar-refractivity contribution in [3.63, 3.8) is 0 Å². The summed E-state index contributed by atoms with van der Waals surface area (Å²) in [5, 5.41) is 6.31. The van der Waals surface area contributed by atoms with E-state index in [1.807, 2.05) is 30.0 Å². The molecule has 0 spiro atoms. The van der Waals surface area contributed by atoms with Crippen LogP contribution in [0.4, 0.5) is 5.69 Å². The molecule has 3 rings (SSSR count). The van der Waals surface area contributed by atoms with Crippen molar-refractivity contribution in [1.29, 1.82) is 0 Å².